The fourth-order valence-electron chi connectivity index (χ4n) is 3.22. The maximum Gasteiger partial charge on any atom is 0.0195 e. The highest BCUT2D eigenvalue weighted by Crippen LogP contribution is 2.35. The van der Waals surface area contributed by atoms with Crippen LogP contribution in [0.2, 0.25) is 0 Å². The molecule has 1 aliphatic carbocycles. The normalized spacial score (nSPS) is 35.8. The van der Waals surface area contributed by atoms with Crippen LogP contribution >= 0.6 is 0 Å². The highest BCUT2D eigenvalue weighted by atomic mass is 15.0. The molecule has 0 aromatic rings. The molecule has 2 nitrogen and oxygen atoms in total. The Morgan fingerprint density at radius 2 is 1.81 bits per heavy atom. The number of hydrogen-bond donors (Lipinski definition) is 2. The SMILES string of the molecule is CC(C)(C)NCC1CC2CCCCC2CN1. The highest BCUT2D eigenvalue weighted by molar-refractivity contribution is 4.88. The first kappa shape index (κ1) is 12.4. The highest BCUT2D eigenvalue weighted by Gasteiger charge is 2.31. The predicted octanol–water partition coefficient (Wildman–Crippen LogP) is 2.54. The van der Waals surface area contributed by atoms with Gasteiger partial charge in [0.05, 0.1) is 0 Å². The van der Waals surface area contributed by atoms with E-state index < -0.39 is 0 Å². The van der Waals surface area contributed by atoms with Crippen molar-refractivity contribution < 1.29 is 0 Å². The summed E-state index contributed by atoms with van der Waals surface area (Å²) >= 11 is 0. The monoisotopic (exact) mass is 224 g/mol. The van der Waals surface area contributed by atoms with E-state index in [1.54, 1.807) is 0 Å². The summed E-state index contributed by atoms with van der Waals surface area (Å²) in [5.41, 5.74) is 0.255. The molecule has 0 aromatic carbocycles. The third kappa shape index (κ3) is 3.46. The molecule has 1 saturated carbocycles. The van der Waals surface area contributed by atoms with E-state index in [0.717, 1.165) is 18.4 Å². The van der Waals surface area contributed by atoms with Crippen LogP contribution in [-0.2, 0) is 0 Å². The Labute approximate surface area is 101 Å². The van der Waals surface area contributed by atoms with Gasteiger partial charge in [0.2, 0.25) is 0 Å². The summed E-state index contributed by atoms with van der Waals surface area (Å²) < 4.78 is 0. The van der Waals surface area contributed by atoms with Crippen molar-refractivity contribution in [2.45, 2.75) is 64.5 Å². The van der Waals surface area contributed by atoms with E-state index in [9.17, 15) is 0 Å². The third-order valence-corrected chi connectivity index (χ3v) is 4.20. The van der Waals surface area contributed by atoms with Gasteiger partial charge in [-0.3, -0.25) is 0 Å². The summed E-state index contributed by atoms with van der Waals surface area (Å²) in [6, 6.07) is 0.707. The number of hydrogen-bond acceptors (Lipinski definition) is 2. The zero-order valence-electron chi connectivity index (χ0n) is 11.2. The van der Waals surface area contributed by atoms with Crippen LogP contribution < -0.4 is 10.6 Å². The smallest absolute Gasteiger partial charge is 0.0195 e. The molecule has 1 saturated heterocycles. The van der Waals surface area contributed by atoms with Crippen molar-refractivity contribution in [3.05, 3.63) is 0 Å². The molecule has 16 heavy (non-hydrogen) atoms. The van der Waals surface area contributed by atoms with Crippen molar-refractivity contribution in [2.75, 3.05) is 13.1 Å². The summed E-state index contributed by atoms with van der Waals surface area (Å²) in [4.78, 5) is 0. The van der Waals surface area contributed by atoms with Crippen LogP contribution in [0.1, 0.15) is 52.9 Å². The molecule has 0 aromatic heterocycles. The van der Waals surface area contributed by atoms with E-state index in [0.29, 0.717) is 6.04 Å². The van der Waals surface area contributed by atoms with Crippen molar-refractivity contribution in [2.24, 2.45) is 11.8 Å². The van der Waals surface area contributed by atoms with Crippen molar-refractivity contribution in [1.82, 2.24) is 10.6 Å². The van der Waals surface area contributed by atoms with Crippen LogP contribution in [0.25, 0.3) is 0 Å². The van der Waals surface area contributed by atoms with Gasteiger partial charge in [-0.15, -0.1) is 0 Å². The van der Waals surface area contributed by atoms with Gasteiger partial charge < -0.3 is 10.6 Å². The number of rotatable bonds is 2. The van der Waals surface area contributed by atoms with Crippen LogP contribution in [0.4, 0.5) is 0 Å². The lowest BCUT2D eigenvalue weighted by Gasteiger charge is -2.40. The molecule has 2 rings (SSSR count). The van der Waals surface area contributed by atoms with Crippen LogP contribution in [0.3, 0.4) is 0 Å². The van der Waals surface area contributed by atoms with Crippen LogP contribution in [-0.4, -0.2) is 24.7 Å². The Hall–Kier alpha value is -0.0800. The first-order valence-electron chi connectivity index (χ1n) is 7.03. The zero-order valence-corrected chi connectivity index (χ0v) is 11.2. The summed E-state index contributed by atoms with van der Waals surface area (Å²) in [6.07, 6.45) is 7.29. The minimum Gasteiger partial charge on any atom is -0.312 e. The average molecular weight is 224 g/mol. The Morgan fingerprint density at radius 3 is 2.50 bits per heavy atom. The van der Waals surface area contributed by atoms with E-state index in [2.05, 4.69) is 31.4 Å². The second-order valence-electron chi connectivity index (χ2n) is 6.78. The molecule has 3 unspecified atom stereocenters. The van der Waals surface area contributed by atoms with Crippen molar-refractivity contribution >= 4 is 0 Å². The number of nitrogens with one attached hydrogen (secondary N) is 2. The van der Waals surface area contributed by atoms with Gasteiger partial charge in [0, 0.05) is 18.1 Å². The predicted molar refractivity (Wildman–Crippen MR) is 69.6 cm³/mol. The molecule has 1 heterocycles. The second kappa shape index (κ2) is 5.05. The topological polar surface area (TPSA) is 24.1 Å². The van der Waals surface area contributed by atoms with Gasteiger partial charge >= 0.3 is 0 Å². The van der Waals surface area contributed by atoms with Gasteiger partial charge in [-0.05, 0) is 52.0 Å². The molecular weight excluding hydrogens is 196 g/mol. The largest absolute Gasteiger partial charge is 0.312 e. The van der Waals surface area contributed by atoms with E-state index in [4.69, 9.17) is 0 Å². The van der Waals surface area contributed by atoms with Crippen LogP contribution in [0, 0.1) is 11.8 Å². The molecular formula is C14H28N2. The molecule has 0 bridgehead atoms. The van der Waals surface area contributed by atoms with Gasteiger partial charge in [0.25, 0.3) is 0 Å². The summed E-state index contributed by atoms with van der Waals surface area (Å²) in [6.45, 7) is 9.14. The molecule has 1 aliphatic heterocycles. The maximum atomic E-state index is 3.73. The molecule has 2 aliphatic rings. The third-order valence-electron chi connectivity index (χ3n) is 4.20. The standard InChI is InChI=1S/C14H28N2/c1-14(2,3)16-10-13-8-11-6-4-5-7-12(11)9-15-13/h11-13,15-16H,4-10H2,1-3H3. The molecule has 3 atom stereocenters. The van der Waals surface area contributed by atoms with E-state index in [1.807, 2.05) is 0 Å². The molecule has 2 N–H and O–H groups in total. The van der Waals surface area contributed by atoms with E-state index in [-0.39, 0.29) is 5.54 Å². The van der Waals surface area contributed by atoms with Crippen LogP contribution in [0.15, 0.2) is 0 Å². The Kier molecular flexibility index (Phi) is 3.91. The lowest BCUT2D eigenvalue weighted by molar-refractivity contribution is 0.149. The van der Waals surface area contributed by atoms with Gasteiger partial charge in [-0.1, -0.05) is 19.3 Å². The quantitative estimate of drug-likeness (QED) is 0.753. The summed E-state index contributed by atoms with van der Waals surface area (Å²) in [5.74, 6) is 2.00. The minimum absolute atomic E-state index is 0.255. The first-order chi connectivity index (χ1) is 7.54. The number of piperidine rings is 1. The van der Waals surface area contributed by atoms with E-state index in [1.165, 1.54) is 38.6 Å². The van der Waals surface area contributed by atoms with Crippen molar-refractivity contribution in [3.8, 4) is 0 Å². The lowest BCUT2D eigenvalue weighted by atomic mass is 9.73. The molecule has 2 fully saturated rings. The fourth-order valence-corrected chi connectivity index (χ4v) is 3.22. The Morgan fingerprint density at radius 1 is 1.12 bits per heavy atom. The Balaban J connectivity index is 1.77. The van der Waals surface area contributed by atoms with E-state index >= 15 is 0 Å². The Bertz CT molecular complexity index is 219. The van der Waals surface area contributed by atoms with Gasteiger partial charge in [-0.25, -0.2) is 0 Å². The summed E-state index contributed by atoms with van der Waals surface area (Å²) in [5, 5.41) is 7.35. The minimum atomic E-state index is 0.255. The molecule has 0 spiro atoms. The first-order valence-corrected chi connectivity index (χ1v) is 7.03. The second-order valence-corrected chi connectivity index (χ2v) is 6.78. The summed E-state index contributed by atoms with van der Waals surface area (Å²) in [7, 11) is 0. The molecule has 94 valence electrons. The van der Waals surface area contributed by atoms with Gasteiger partial charge in [-0.2, -0.15) is 0 Å². The van der Waals surface area contributed by atoms with Crippen molar-refractivity contribution in [1.29, 1.82) is 0 Å². The zero-order chi connectivity index (χ0) is 11.6. The van der Waals surface area contributed by atoms with Crippen molar-refractivity contribution in [3.63, 3.8) is 0 Å². The molecule has 0 radical (unpaired) electrons. The fraction of sp³-hybridized carbons (Fsp3) is 1.00. The van der Waals surface area contributed by atoms with Crippen LogP contribution in [0.5, 0.6) is 0 Å². The van der Waals surface area contributed by atoms with Gasteiger partial charge in [0.1, 0.15) is 0 Å². The lowest BCUT2D eigenvalue weighted by Crippen LogP contribution is -2.52. The molecule has 0 amide bonds. The maximum absolute atomic E-state index is 3.73. The number of fused-ring (bicyclic) bond motifs is 1. The average Bonchev–Trinajstić information content (AvgIpc) is 2.25. The van der Waals surface area contributed by atoms with Gasteiger partial charge in [0.15, 0.2) is 0 Å². The molecule has 2 heteroatoms.